The van der Waals surface area contributed by atoms with Crippen LogP contribution >= 0.6 is 0 Å². The molecular weight excluding hydrogens is 194 g/mol. The number of amides is 1. The van der Waals surface area contributed by atoms with Gasteiger partial charge in [-0.05, 0) is 12.1 Å². The largest absolute Gasteiger partial charge is 0.451 e. The van der Waals surface area contributed by atoms with E-state index in [1.165, 1.54) is 12.7 Å². The predicted octanol–water partition coefficient (Wildman–Crippen LogP) is 0.759. The number of nitrogens with zero attached hydrogens (tertiary/aromatic N) is 2. The molecule has 0 aliphatic carbocycles. The average Bonchev–Trinajstić information content (AvgIpc) is 2.71. The fourth-order valence-electron chi connectivity index (χ4n) is 1.30. The van der Waals surface area contributed by atoms with Crippen molar-refractivity contribution < 1.29 is 9.21 Å². The van der Waals surface area contributed by atoms with Gasteiger partial charge in [0.25, 0.3) is 5.91 Å². The van der Waals surface area contributed by atoms with Crippen LogP contribution in [0.4, 0.5) is 0 Å². The molecule has 0 radical (unpaired) electrons. The van der Waals surface area contributed by atoms with Crippen LogP contribution in [0.2, 0.25) is 0 Å². The molecule has 0 aliphatic rings. The van der Waals surface area contributed by atoms with Crippen LogP contribution in [0.5, 0.6) is 0 Å². The van der Waals surface area contributed by atoms with Crippen molar-refractivity contribution in [3.05, 3.63) is 47.9 Å². The van der Waals surface area contributed by atoms with Crippen molar-refractivity contribution >= 4 is 5.91 Å². The van der Waals surface area contributed by atoms with Gasteiger partial charge in [0.2, 0.25) is 0 Å². The number of carbonyl (C=O) groups is 1. The van der Waals surface area contributed by atoms with Gasteiger partial charge in [-0.3, -0.25) is 9.78 Å². The van der Waals surface area contributed by atoms with Crippen LogP contribution in [0, 0.1) is 0 Å². The Hall–Kier alpha value is -2.17. The van der Waals surface area contributed by atoms with Crippen LogP contribution in [0.15, 0.2) is 35.4 Å². The van der Waals surface area contributed by atoms with E-state index < -0.39 is 5.91 Å². The Labute approximate surface area is 86.0 Å². The molecule has 2 rings (SSSR count). The van der Waals surface area contributed by atoms with Gasteiger partial charge >= 0.3 is 0 Å². The molecule has 2 aromatic rings. The number of hydrogen-bond acceptors (Lipinski definition) is 4. The van der Waals surface area contributed by atoms with E-state index in [1.54, 1.807) is 18.3 Å². The monoisotopic (exact) mass is 203 g/mol. The van der Waals surface area contributed by atoms with E-state index in [2.05, 4.69) is 9.97 Å². The molecule has 5 heteroatoms. The Kier molecular flexibility index (Phi) is 2.45. The maximum atomic E-state index is 11.1. The first-order chi connectivity index (χ1) is 7.27. The normalized spacial score (nSPS) is 10.1. The summed E-state index contributed by atoms with van der Waals surface area (Å²) >= 11 is 0. The quantitative estimate of drug-likeness (QED) is 0.798. The lowest BCUT2D eigenvalue weighted by Crippen LogP contribution is -2.14. The maximum absolute atomic E-state index is 11.1. The number of primary amides is 1. The van der Waals surface area contributed by atoms with Crippen molar-refractivity contribution in [2.45, 2.75) is 6.42 Å². The second-order valence-corrected chi connectivity index (χ2v) is 3.02. The zero-order chi connectivity index (χ0) is 10.7. The Balaban J connectivity index is 2.32. The highest BCUT2D eigenvalue weighted by atomic mass is 16.3. The Bertz CT molecular complexity index is 465. The summed E-state index contributed by atoms with van der Waals surface area (Å²) in [5.41, 5.74) is 6.97. The smallest absolute Gasteiger partial charge is 0.250 e. The van der Waals surface area contributed by atoms with Crippen LogP contribution in [-0.2, 0) is 6.42 Å². The van der Waals surface area contributed by atoms with Crippen LogP contribution in [0.1, 0.15) is 21.7 Å². The summed E-state index contributed by atoms with van der Waals surface area (Å²) in [5.74, 6) is -0.485. The Morgan fingerprint density at radius 3 is 3.00 bits per heavy atom. The van der Waals surface area contributed by atoms with E-state index in [1.807, 2.05) is 0 Å². The predicted molar refractivity (Wildman–Crippen MR) is 52.1 cm³/mol. The van der Waals surface area contributed by atoms with Crippen LogP contribution in [0.3, 0.4) is 0 Å². The van der Waals surface area contributed by atoms with E-state index in [9.17, 15) is 4.79 Å². The number of hydrogen-bond donors (Lipinski definition) is 1. The van der Waals surface area contributed by atoms with Gasteiger partial charge in [0.15, 0.2) is 6.39 Å². The minimum atomic E-state index is -0.485. The molecule has 0 spiro atoms. The number of aromatic nitrogens is 2. The lowest BCUT2D eigenvalue weighted by Gasteiger charge is -2.02. The highest BCUT2D eigenvalue weighted by Crippen LogP contribution is 2.09. The summed E-state index contributed by atoms with van der Waals surface area (Å²) < 4.78 is 4.83. The molecule has 0 fully saturated rings. The molecular formula is C10H9N3O2. The van der Waals surface area contributed by atoms with Crippen molar-refractivity contribution in [1.29, 1.82) is 0 Å². The van der Waals surface area contributed by atoms with E-state index in [-0.39, 0.29) is 0 Å². The van der Waals surface area contributed by atoms with Gasteiger partial charge in [-0.15, -0.1) is 0 Å². The Morgan fingerprint density at radius 1 is 1.47 bits per heavy atom. The fourth-order valence-corrected chi connectivity index (χ4v) is 1.30. The van der Waals surface area contributed by atoms with Crippen molar-refractivity contribution in [3.63, 3.8) is 0 Å². The van der Waals surface area contributed by atoms with Gasteiger partial charge in [0.05, 0.1) is 17.0 Å². The summed E-state index contributed by atoms with van der Waals surface area (Å²) in [4.78, 5) is 19.1. The van der Waals surface area contributed by atoms with Gasteiger partial charge in [-0.2, -0.15) is 0 Å². The van der Waals surface area contributed by atoms with Crippen LogP contribution in [-0.4, -0.2) is 15.9 Å². The standard InChI is InChI=1S/C10H9N3O2/c11-10(14)8-2-1-3-12-9(8)4-7-5-15-6-13-7/h1-3,5-6H,4H2,(H2,11,14). The summed E-state index contributed by atoms with van der Waals surface area (Å²) in [6.07, 6.45) is 4.90. The molecule has 2 N–H and O–H groups in total. The van der Waals surface area contributed by atoms with Gasteiger partial charge < -0.3 is 10.2 Å². The molecule has 0 bridgehead atoms. The lowest BCUT2D eigenvalue weighted by molar-refractivity contribution is 0.0999. The number of rotatable bonds is 3. The van der Waals surface area contributed by atoms with Gasteiger partial charge in [-0.25, -0.2) is 4.98 Å². The Morgan fingerprint density at radius 2 is 2.33 bits per heavy atom. The molecule has 2 heterocycles. The van der Waals surface area contributed by atoms with Crippen molar-refractivity contribution in [1.82, 2.24) is 9.97 Å². The SMILES string of the molecule is NC(=O)c1cccnc1Cc1cocn1. The maximum Gasteiger partial charge on any atom is 0.250 e. The zero-order valence-corrected chi connectivity index (χ0v) is 7.88. The number of carbonyl (C=O) groups excluding carboxylic acids is 1. The molecule has 0 atom stereocenters. The fraction of sp³-hybridized carbons (Fsp3) is 0.100. The lowest BCUT2D eigenvalue weighted by atomic mass is 10.1. The minimum Gasteiger partial charge on any atom is -0.451 e. The summed E-state index contributed by atoms with van der Waals surface area (Å²) in [5, 5.41) is 0. The minimum absolute atomic E-state index is 0.417. The summed E-state index contributed by atoms with van der Waals surface area (Å²) in [6, 6.07) is 3.32. The molecule has 0 saturated heterocycles. The highest BCUT2D eigenvalue weighted by molar-refractivity contribution is 5.93. The molecule has 0 unspecified atom stereocenters. The first-order valence-electron chi connectivity index (χ1n) is 4.38. The topological polar surface area (TPSA) is 82.0 Å². The number of nitrogens with two attached hydrogens (primary N) is 1. The summed E-state index contributed by atoms with van der Waals surface area (Å²) in [7, 11) is 0. The first-order valence-corrected chi connectivity index (χ1v) is 4.38. The van der Waals surface area contributed by atoms with Crippen molar-refractivity contribution in [3.8, 4) is 0 Å². The number of pyridine rings is 1. The third-order valence-corrected chi connectivity index (χ3v) is 1.99. The van der Waals surface area contributed by atoms with Gasteiger partial charge in [-0.1, -0.05) is 0 Å². The molecule has 2 aromatic heterocycles. The summed E-state index contributed by atoms with van der Waals surface area (Å²) in [6.45, 7) is 0. The molecule has 0 aromatic carbocycles. The van der Waals surface area contributed by atoms with E-state index in [0.29, 0.717) is 17.7 Å². The molecule has 5 nitrogen and oxygen atoms in total. The highest BCUT2D eigenvalue weighted by Gasteiger charge is 2.10. The second-order valence-electron chi connectivity index (χ2n) is 3.02. The van der Waals surface area contributed by atoms with Crippen LogP contribution < -0.4 is 5.73 Å². The second kappa shape index (κ2) is 3.91. The molecule has 15 heavy (non-hydrogen) atoms. The van der Waals surface area contributed by atoms with Gasteiger partial charge in [0, 0.05) is 12.6 Å². The van der Waals surface area contributed by atoms with E-state index in [4.69, 9.17) is 10.2 Å². The molecule has 0 saturated carbocycles. The van der Waals surface area contributed by atoms with Crippen molar-refractivity contribution in [2.24, 2.45) is 5.73 Å². The van der Waals surface area contributed by atoms with E-state index in [0.717, 1.165) is 5.69 Å². The van der Waals surface area contributed by atoms with Crippen molar-refractivity contribution in [2.75, 3.05) is 0 Å². The third-order valence-electron chi connectivity index (χ3n) is 1.99. The third kappa shape index (κ3) is 2.01. The molecule has 76 valence electrons. The zero-order valence-electron chi connectivity index (χ0n) is 7.88. The average molecular weight is 203 g/mol. The molecule has 0 aliphatic heterocycles. The first kappa shape index (κ1) is 9.39. The molecule has 1 amide bonds. The van der Waals surface area contributed by atoms with Crippen LogP contribution in [0.25, 0.3) is 0 Å². The van der Waals surface area contributed by atoms with E-state index >= 15 is 0 Å². The van der Waals surface area contributed by atoms with Gasteiger partial charge in [0.1, 0.15) is 6.26 Å². The number of oxazole rings is 1.